The van der Waals surface area contributed by atoms with E-state index in [0.717, 1.165) is 46.6 Å². The predicted octanol–water partition coefficient (Wildman–Crippen LogP) is 2.85. The van der Waals surface area contributed by atoms with Gasteiger partial charge >= 0.3 is 0 Å². The van der Waals surface area contributed by atoms with Crippen molar-refractivity contribution in [3.63, 3.8) is 0 Å². The molecular formula is C17H24N4O. The van der Waals surface area contributed by atoms with Crippen molar-refractivity contribution in [3.05, 3.63) is 46.0 Å². The average Bonchev–Trinajstić information content (AvgIpc) is 2.91. The van der Waals surface area contributed by atoms with E-state index in [9.17, 15) is 4.79 Å². The SMILES string of the molecule is CCCn1cnnc1CNC(=O)c1c(C)c(C)cc(C)c1C. The second-order valence-electron chi connectivity index (χ2n) is 5.76. The minimum atomic E-state index is -0.0483. The third kappa shape index (κ3) is 3.18. The van der Waals surface area contributed by atoms with E-state index < -0.39 is 0 Å². The van der Waals surface area contributed by atoms with Gasteiger partial charge in [0, 0.05) is 12.1 Å². The number of carbonyl (C=O) groups is 1. The lowest BCUT2D eigenvalue weighted by Crippen LogP contribution is -2.26. The number of hydrogen-bond donors (Lipinski definition) is 1. The summed E-state index contributed by atoms with van der Waals surface area (Å²) in [6.45, 7) is 11.4. The van der Waals surface area contributed by atoms with Crippen LogP contribution in [-0.4, -0.2) is 20.7 Å². The Labute approximate surface area is 131 Å². The number of aromatic nitrogens is 3. The molecule has 0 aliphatic carbocycles. The van der Waals surface area contributed by atoms with Crippen LogP contribution >= 0.6 is 0 Å². The Balaban J connectivity index is 2.18. The van der Waals surface area contributed by atoms with Gasteiger partial charge in [0.05, 0.1) is 6.54 Å². The fourth-order valence-electron chi connectivity index (χ4n) is 2.65. The van der Waals surface area contributed by atoms with E-state index in [1.165, 1.54) is 0 Å². The van der Waals surface area contributed by atoms with Crippen molar-refractivity contribution in [3.8, 4) is 0 Å². The quantitative estimate of drug-likeness (QED) is 0.923. The van der Waals surface area contributed by atoms with E-state index in [1.54, 1.807) is 6.33 Å². The highest BCUT2D eigenvalue weighted by Gasteiger charge is 2.16. The van der Waals surface area contributed by atoms with Crippen LogP contribution in [0.1, 0.15) is 51.8 Å². The van der Waals surface area contributed by atoms with Crippen molar-refractivity contribution in [2.24, 2.45) is 0 Å². The molecule has 0 bridgehead atoms. The van der Waals surface area contributed by atoms with Gasteiger partial charge in [-0.2, -0.15) is 0 Å². The van der Waals surface area contributed by atoms with Gasteiger partial charge in [-0.1, -0.05) is 13.0 Å². The molecule has 2 aromatic rings. The third-order valence-electron chi connectivity index (χ3n) is 4.16. The molecular weight excluding hydrogens is 276 g/mol. The van der Waals surface area contributed by atoms with Crippen molar-refractivity contribution >= 4 is 5.91 Å². The summed E-state index contributed by atoms with van der Waals surface area (Å²) in [4.78, 5) is 12.6. The Kier molecular flexibility index (Phi) is 4.96. The normalized spacial score (nSPS) is 10.8. The van der Waals surface area contributed by atoms with Crippen molar-refractivity contribution in [2.45, 2.75) is 54.1 Å². The first-order chi connectivity index (χ1) is 10.5. The molecule has 0 spiro atoms. The largest absolute Gasteiger partial charge is 0.345 e. The fourth-order valence-corrected chi connectivity index (χ4v) is 2.65. The van der Waals surface area contributed by atoms with Gasteiger partial charge in [0.2, 0.25) is 0 Å². The highest BCUT2D eigenvalue weighted by atomic mass is 16.1. The van der Waals surface area contributed by atoms with Gasteiger partial charge in [0.1, 0.15) is 6.33 Å². The van der Waals surface area contributed by atoms with Crippen molar-refractivity contribution in [2.75, 3.05) is 0 Å². The molecule has 0 saturated heterocycles. The molecule has 1 heterocycles. The second-order valence-corrected chi connectivity index (χ2v) is 5.76. The summed E-state index contributed by atoms with van der Waals surface area (Å²) in [5.41, 5.74) is 5.13. The zero-order valence-electron chi connectivity index (χ0n) is 14.0. The number of amides is 1. The number of aryl methyl sites for hydroxylation is 3. The number of carbonyl (C=O) groups excluding carboxylic acids is 1. The molecule has 0 aliphatic rings. The van der Waals surface area contributed by atoms with Gasteiger partial charge in [-0.25, -0.2) is 0 Å². The number of hydrogen-bond acceptors (Lipinski definition) is 3. The highest BCUT2D eigenvalue weighted by Crippen LogP contribution is 2.21. The van der Waals surface area contributed by atoms with E-state index >= 15 is 0 Å². The number of nitrogens with zero attached hydrogens (tertiary/aromatic N) is 3. The van der Waals surface area contributed by atoms with Crippen LogP contribution in [-0.2, 0) is 13.1 Å². The minimum absolute atomic E-state index is 0.0483. The Bertz CT molecular complexity index is 662. The van der Waals surface area contributed by atoms with Gasteiger partial charge in [-0.15, -0.1) is 10.2 Å². The molecule has 0 radical (unpaired) electrons. The topological polar surface area (TPSA) is 59.8 Å². The summed E-state index contributed by atoms with van der Waals surface area (Å²) in [5.74, 6) is 0.739. The molecule has 0 atom stereocenters. The van der Waals surface area contributed by atoms with E-state index in [1.807, 2.05) is 32.3 Å². The molecule has 5 heteroatoms. The van der Waals surface area contributed by atoms with Gasteiger partial charge in [-0.05, 0) is 56.4 Å². The molecule has 1 aromatic carbocycles. The van der Waals surface area contributed by atoms with Crippen LogP contribution in [0, 0.1) is 27.7 Å². The fraction of sp³-hybridized carbons (Fsp3) is 0.471. The Hall–Kier alpha value is -2.17. The molecule has 22 heavy (non-hydrogen) atoms. The van der Waals surface area contributed by atoms with Crippen LogP contribution in [0.15, 0.2) is 12.4 Å². The van der Waals surface area contributed by atoms with E-state index in [4.69, 9.17) is 0 Å². The summed E-state index contributed by atoms with van der Waals surface area (Å²) in [6, 6.07) is 2.12. The molecule has 118 valence electrons. The maximum atomic E-state index is 12.6. The summed E-state index contributed by atoms with van der Waals surface area (Å²) < 4.78 is 1.97. The first kappa shape index (κ1) is 16.2. The maximum Gasteiger partial charge on any atom is 0.252 e. The van der Waals surface area contributed by atoms with E-state index in [0.29, 0.717) is 6.54 Å². The minimum Gasteiger partial charge on any atom is -0.345 e. The molecule has 0 aliphatic heterocycles. The van der Waals surface area contributed by atoms with Gasteiger partial charge in [0.25, 0.3) is 5.91 Å². The lowest BCUT2D eigenvalue weighted by atomic mass is 9.94. The Morgan fingerprint density at radius 1 is 1.18 bits per heavy atom. The average molecular weight is 300 g/mol. The monoisotopic (exact) mass is 300 g/mol. The molecule has 0 fully saturated rings. The van der Waals surface area contributed by atoms with Crippen molar-refractivity contribution < 1.29 is 4.79 Å². The zero-order valence-corrected chi connectivity index (χ0v) is 14.0. The van der Waals surface area contributed by atoms with Gasteiger partial charge in [-0.3, -0.25) is 4.79 Å². The van der Waals surface area contributed by atoms with E-state index in [2.05, 4.69) is 28.5 Å². The van der Waals surface area contributed by atoms with Gasteiger partial charge < -0.3 is 9.88 Å². The predicted molar refractivity (Wildman–Crippen MR) is 86.9 cm³/mol. The second kappa shape index (κ2) is 6.73. The lowest BCUT2D eigenvalue weighted by molar-refractivity contribution is 0.0948. The van der Waals surface area contributed by atoms with Crippen LogP contribution in [0.2, 0.25) is 0 Å². The Morgan fingerprint density at radius 3 is 2.41 bits per heavy atom. The third-order valence-corrected chi connectivity index (χ3v) is 4.16. The smallest absolute Gasteiger partial charge is 0.252 e. The zero-order chi connectivity index (χ0) is 16.3. The molecule has 2 rings (SSSR count). The van der Waals surface area contributed by atoms with Crippen LogP contribution < -0.4 is 5.32 Å². The standard InChI is InChI=1S/C17H24N4O/c1-6-7-21-10-19-20-15(21)9-18-17(22)16-13(4)11(2)8-12(3)14(16)5/h8,10H,6-7,9H2,1-5H3,(H,18,22). The number of benzene rings is 1. The van der Waals surface area contributed by atoms with Crippen molar-refractivity contribution in [1.29, 1.82) is 0 Å². The summed E-state index contributed by atoms with van der Waals surface area (Å²) >= 11 is 0. The van der Waals surface area contributed by atoms with Gasteiger partial charge in [0.15, 0.2) is 5.82 Å². The number of nitrogens with one attached hydrogen (secondary N) is 1. The molecule has 1 aromatic heterocycles. The van der Waals surface area contributed by atoms with Crippen molar-refractivity contribution in [1.82, 2.24) is 20.1 Å². The molecule has 1 N–H and O–H groups in total. The molecule has 5 nitrogen and oxygen atoms in total. The summed E-state index contributed by atoms with van der Waals surface area (Å²) in [5, 5.41) is 11.0. The van der Waals surface area contributed by atoms with Crippen LogP contribution in [0.3, 0.4) is 0 Å². The maximum absolute atomic E-state index is 12.6. The van der Waals surface area contributed by atoms with E-state index in [-0.39, 0.29) is 5.91 Å². The molecule has 0 unspecified atom stereocenters. The lowest BCUT2D eigenvalue weighted by Gasteiger charge is -2.15. The summed E-state index contributed by atoms with van der Waals surface area (Å²) in [7, 11) is 0. The molecule has 1 amide bonds. The first-order valence-corrected chi connectivity index (χ1v) is 7.68. The number of rotatable bonds is 5. The van der Waals surface area contributed by atoms with Crippen LogP contribution in [0.4, 0.5) is 0 Å². The first-order valence-electron chi connectivity index (χ1n) is 7.68. The Morgan fingerprint density at radius 2 is 1.82 bits per heavy atom. The highest BCUT2D eigenvalue weighted by molar-refractivity contribution is 5.97. The van der Waals surface area contributed by atoms with Crippen LogP contribution in [0.5, 0.6) is 0 Å². The van der Waals surface area contributed by atoms with Crippen LogP contribution in [0.25, 0.3) is 0 Å². The molecule has 0 saturated carbocycles. The summed E-state index contributed by atoms with van der Waals surface area (Å²) in [6.07, 6.45) is 2.71.